The lowest BCUT2D eigenvalue weighted by Crippen LogP contribution is -2.32. The molecule has 1 fully saturated rings. The zero-order valence-corrected chi connectivity index (χ0v) is 13.7. The largest absolute Gasteiger partial charge is 0.452 e. The van der Waals surface area contributed by atoms with E-state index in [9.17, 15) is 9.59 Å². The summed E-state index contributed by atoms with van der Waals surface area (Å²) in [6.07, 6.45) is -0.105. The molecular weight excluding hydrogens is 302 g/mol. The van der Waals surface area contributed by atoms with Crippen molar-refractivity contribution in [3.05, 3.63) is 71.8 Å². The predicted molar refractivity (Wildman–Crippen MR) is 91.2 cm³/mol. The fourth-order valence-corrected chi connectivity index (χ4v) is 2.90. The quantitative estimate of drug-likeness (QED) is 0.794. The number of carbonyl (C=O) groups excluding carboxylic acids is 2. The molecule has 0 aromatic heterocycles. The highest BCUT2D eigenvalue weighted by atomic mass is 16.5. The molecule has 0 spiro atoms. The lowest BCUT2D eigenvalue weighted by Gasteiger charge is -2.18. The molecule has 24 heavy (non-hydrogen) atoms. The van der Waals surface area contributed by atoms with Gasteiger partial charge in [0.05, 0.1) is 5.92 Å². The van der Waals surface area contributed by atoms with Crippen LogP contribution in [0, 0.1) is 0 Å². The van der Waals surface area contributed by atoms with Gasteiger partial charge in [0, 0.05) is 19.5 Å². The molecule has 1 aliphatic rings. The van der Waals surface area contributed by atoms with Gasteiger partial charge in [-0.15, -0.1) is 0 Å². The smallest absolute Gasteiger partial charge is 0.313 e. The first-order valence-electron chi connectivity index (χ1n) is 8.23. The van der Waals surface area contributed by atoms with Gasteiger partial charge in [-0.25, -0.2) is 0 Å². The zero-order valence-electron chi connectivity index (χ0n) is 13.7. The Morgan fingerprint density at radius 3 is 2.42 bits per heavy atom. The van der Waals surface area contributed by atoms with E-state index in [2.05, 4.69) is 0 Å². The summed E-state index contributed by atoms with van der Waals surface area (Å²) in [5.74, 6) is -0.823. The summed E-state index contributed by atoms with van der Waals surface area (Å²) in [5, 5.41) is 0. The molecule has 0 radical (unpaired) electrons. The van der Waals surface area contributed by atoms with Crippen LogP contribution < -0.4 is 0 Å². The zero-order chi connectivity index (χ0) is 16.9. The summed E-state index contributed by atoms with van der Waals surface area (Å²) < 4.78 is 5.48. The number of esters is 1. The van der Waals surface area contributed by atoms with Crippen LogP contribution >= 0.6 is 0 Å². The van der Waals surface area contributed by atoms with Crippen LogP contribution in [0.3, 0.4) is 0 Å². The summed E-state index contributed by atoms with van der Waals surface area (Å²) in [7, 11) is 0. The number of nitrogens with zero attached hydrogens (tertiary/aromatic N) is 1. The Balaban J connectivity index is 1.58. The summed E-state index contributed by atoms with van der Waals surface area (Å²) in [6, 6.07) is 19.3. The number of likely N-dealkylation sites (tertiary alicyclic amines) is 1. The summed E-state index contributed by atoms with van der Waals surface area (Å²) >= 11 is 0. The van der Waals surface area contributed by atoms with Crippen LogP contribution in [0.4, 0.5) is 0 Å². The van der Waals surface area contributed by atoms with Gasteiger partial charge in [0.15, 0.2) is 6.10 Å². The third-order valence-electron chi connectivity index (χ3n) is 4.38. The molecule has 0 saturated carbocycles. The molecule has 1 heterocycles. The Kier molecular flexibility index (Phi) is 4.94. The number of ether oxygens (including phenoxy) is 1. The van der Waals surface area contributed by atoms with Gasteiger partial charge in [0.1, 0.15) is 0 Å². The molecule has 3 rings (SSSR count). The second-order valence-corrected chi connectivity index (χ2v) is 6.09. The van der Waals surface area contributed by atoms with Gasteiger partial charge in [-0.3, -0.25) is 9.59 Å². The van der Waals surface area contributed by atoms with E-state index in [1.54, 1.807) is 11.8 Å². The van der Waals surface area contributed by atoms with Gasteiger partial charge in [-0.2, -0.15) is 0 Å². The molecule has 2 unspecified atom stereocenters. The third kappa shape index (κ3) is 3.65. The van der Waals surface area contributed by atoms with Crippen molar-refractivity contribution in [3.8, 4) is 0 Å². The van der Waals surface area contributed by atoms with Crippen LogP contribution in [0.25, 0.3) is 0 Å². The van der Waals surface area contributed by atoms with Crippen LogP contribution in [-0.2, 0) is 20.9 Å². The van der Waals surface area contributed by atoms with Crippen LogP contribution in [0.5, 0.6) is 0 Å². The number of amides is 1. The second kappa shape index (κ2) is 7.30. The molecular formula is C20H21NO3. The van der Waals surface area contributed by atoms with Gasteiger partial charge in [0.25, 0.3) is 5.91 Å². The van der Waals surface area contributed by atoms with Crippen molar-refractivity contribution in [2.75, 3.05) is 6.54 Å². The van der Waals surface area contributed by atoms with Crippen molar-refractivity contribution < 1.29 is 14.3 Å². The van der Waals surface area contributed by atoms with Crippen LogP contribution in [0.15, 0.2) is 60.7 Å². The average molecular weight is 323 g/mol. The van der Waals surface area contributed by atoms with E-state index in [-0.39, 0.29) is 17.8 Å². The standard InChI is InChI=1S/C20H21NO3/c1-15(17-10-6-3-7-11-17)20(23)24-18-12-13-21(19(18)22)14-16-8-4-2-5-9-16/h2-11,15,18H,12-14H2,1H3. The number of rotatable bonds is 5. The van der Waals surface area contributed by atoms with Gasteiger partial charge in [-0.1, -0.05) is 60.7 Å². The minimum absolute atomic E-state index is 0.104. The Morgan fingerprint density at radius 1 is 1.12 bits per heavy atom. The number of benzene rings is 2. The first-order chi connectivity index (χ1) is 11.6. The summed E-state index contributed by atoms with van der Waals surface area (Å²) in [4.78, 5) is 26.5. The monoisotopic (exact) mass is 323 g/mol. The second-order valence-electron chi connectivity index (χ2n) is 6.09. The minimum atomic E-state index is -0.660. The van der Waals surface area contributed by atoms with Gasteiger partial charge >= 0.3 is 5.97 Å². The Hall–Kier alpha value is -2.62. The molecule has 1 saturated heterocycles. The van der Waals surface area contributed by atoms with Crippen molar-refractivity contribution in [2.24, 2.45) is 0 Å². The normalized spacial score (nSPS) is 18.5. The minimum Gasteiger partial charge on any atom is -0.452 e. The maximum absolute atomic E-state index is 12.5. The fourth-order valence-electron chi connectivity index (χ4n) is 2.90. The van der Waals surface area contributed by atoms with E-state index in [4.69, 9.17) is 4.74 Å². The maximum atomic E-state index is 12.5. The average Bonchev–Trinajstić information content (AvgIpc) is 2.96. The van der Waals surface area contributed by atoms with Crippen molar-refractivity contribution in [3.63, 3.8) is 0 Å². The van der Waals surface area contributed by atoms with E-state index in [0.29, 0.717) is 19.5 Å². The summed E-state index contributed by atoms with van der Waals surface area (Å²) in [6.45, 7) is 2.98. The summed E-state index contributed by atoms with van der Waals surface area (Å²) in [5.41, 5.74) is 1.98. The van der Waals surface area contributed by atoms with E-state index in [1.165, 1.54) is 0 Å². The molecule has 2 aromatic rings. The van der Waals surface area contributed by atoms with Crippen molar-refractivity contribution in [1.82, 2.24) is 4.90 Å². The lowest BCUT2D eigenvalue weighted by molar-refractivity contribution is -0.157. The SMILES string of the molecule is CC(C(=O)OC1CCN(Cc2ccccc2)C1=O)c1ccccc1. The molecule has 0 bridgehead atoms. The molecule has 0 N–H and O–H groups in total. The number of carbonyl (C=O) groups is 2. The van der Waals surface area contributed by atoms with Gasteiger partial charge in [0.2, 0.25) is 0 Å². The fraction of sp³-hybridized carbons (Fsp3) is 0.300. The molecule has 1 amide bonds. The van der Waals surface area contributed by atoms with E-state index in [0.717, 1.165) is 11.1 Å². The van der Waals surface area contributed by atoms with Crippen LogP contribution in [0.1, 0.15) is 30.4 Å². The first-order valence-corrected chi connectivity index (χ1v) is 8.23. The first kappa shape index (κ1) is 16.2. The molecule has 0 aliphatic carbocycles. The van der Waals surface area contributed by atoms with Gasteiger partial charge in [-0.05, 0) is 18.1 Å². The third-order valence-corrected chi connectivity index (χ3v) is 4.38. The van der Waals surface area contributed by atoms with E-state index >= 15 is 0 Å². The number of hydrogen-bond donors (Lipinski definition) is 0. The molecule has 124 valence electrons. The van der Waals surface area contributed by atoms with Gasteiger partial charge < -0.3 is 9.64 Å². The molecule has 4 heteroatoms. The molecule has 2 aromatic carbocycles. The lowest BCUT2D eigenvalue weighted by atomic mass is 10.0. The topological polar surface area (TPSA) is 46.6 Å². The van der Waals surface area contributed by atoms with Crippen LogP contribution in [-0.4, -0.2) is 29.4 Å². The molecule has 4 nitrogen and oxygen atoms in total. The molecule has 1 aliphatic heterocycles. The van der Waals surface area contributed by atoms with E-state index < -0.39 is 6.10 Å². The van der Waals surface area contributed by atoms with Crippen LogP contribution in [0.2, 0.25) is 0 Å². The van der Waals surface area contributed by atoms with E-state index in [1.807, 2.05) is 60.7 Å². The Labute approximate surface area is 142 Å². The highest BCUT2D eigenvalue weighted by molar-refractivity contribution is 5.87. The molecule has 2 atom stereocenters. The van der Waals surface area contributed by atoms with Crippen molar-refractivity contribution in [2.45, 2.75) is 31.9 Å². The maximum Gasteiger partial charge on any atom is 0.313 e. The van der Waals surface area contributed by atoms with Crippen molar-refractivity contribution in [1.29, 1.82) is 0 Å². The number of hydrogen-bond acceptors (Lipinski definition) is 3. The van der Waals surface area contributed by atoms with Crippen molar-refractivity contribution >= 4 is 11.9 Å². The highest BCUT2D eigenvalue weighted by Gasteiger charge is 2.35. The Morgan fingerprint density at radius 2 is 1.75 bits per heavy atom. The Bertz CT molecular complexity index is 699. The highest BCUT2D eigenvalue weighted by Crippen LogP contribution is 2.22. The predicted octanol–water partition coefficient (Wildman–Crippen LogP) is 3.13.